The van der Waals surface area contributed by atoms with E-state index in [1.54, 1.807) is 0 Å². The number of ether oxygens (including phenoxy) is 3. The van der Waals surface area contributed by atoms with Crippen molar-refractivity contribution in [3.05, 3.63) is 24.3 Å². The van der Waals surface area contributed by atoms with E-state index in [9.17, 15) is 18.0 Å². The number of carbonyl (C=O) groups is 1. The molecule has 1 unspecified atom stereocenters. The van der Waals surface area contributed by atoms with E-state index in [2.05, 4.69) is 10.1 Å². The van der Waals surface area contributed by atoms with Gasteiger partial charge in [0.1, 0.15) is 5.75 Å². The summed E-state index contributed by atoms with van der Waals surface area (Å²) in [5.41, 5.74) is 0.409. The quantitative estimate of drug-likeness (QED) is 0.859. The summed E-state index contributed by atoms with van der Waals surface area (Å²) in [5, 5.41) is 2.69. The normalized spacial score (nSPS) is 22.3. The van der Waals surface area contributed by atoms with Gasteiger partial charge in [0.05, 0.1) is 25.8 Å². The minimum atomic E-state index is -4.74. The van der Waals surface area contributed by atoms with Crippen molar-refractivity contribution in [2.24, 2.45) is 0 Å². The third-order valence-corrected chi connectivity index (χ3v) is 4.34. The molecule has 1 aromatic carbocycles. The Morgan fingerprint density at radius 2 is 1.88 bits per heavy atom. The Morgan fingerprint density at radius 3 is 2.54 bits per heavy atom. The van der Waals surface area contributed by atoms with Gasteiger partial charge in [-0.25, -0.2) is 0 Å². The first-order valence-electron chi connectivity index (χ1n) is 8.54. The van der Waals surface area contributed by atoms with Crippen LogP contribution in [0.4, 0.5) is 18.9 Å². The standard InChI is InChI=1S/C17H21F3N2O4/c18-17(19,20)26-13-6-4-12(5-7-13)21-15(23)11-22-8-2-1-3-14(22)16-24-9-10-25-16/h4-7,14,16H,1-3,8-11H2,(H,21,23). The molecular weight excluding hydrogens is 353 g/mol. The highest BCUT2D eigenvalue weighted by atomic mass is 19.4. The molecule has 2 saturated heterocycles. The number of amides is 1. The second-order valence-corrected chi connectivity index (χ2v) is 6.26. The van der Waals surface area contributed by atoms with Crippen molar-refractivity contribution in [1.29, 1.82) is 0 Å². The molecule has 0 aromatic heterocycles. The fraction of sp³-hybridized carbons (Fsp3) is 0.588. The van der Waals surface area contributed by atoms with Gasteiger partial charge in [0.15, 0.2) is 6.29 Å². The monoisotopic (exact) mass is 374 g/mol. The number of likely N-dealkylation sites (tertiary alicyclic amines) is 1. The van der Waals surface area contributed by atoms with Crippen LogP contribution in [0, 0.1) is 0 Å². The highest BCUT2D eigenvalue weighted by Gasteiger charge is 2.34. The van der Waals surface area contributed by atoms with Crippen LogP contribution in [0.2, 0.25) is 0 Å². The van der Waals surface area contributed by atoms with Crippen LogP contribution >= 0.6 is 0 Å². The molecule has 3 rings (SSSR count). The van der Waals surface area contributed by atoms with Gasteiger partial charge in [-0.05, 0) is 43.7 Å². The minimum Gasteiger partial charge on any atom is -0.406 e. The van der Waals surface area contributed by atoms with Crippen LogP contribution in [0.3, 0.4) is 0 Å². The number of carbonyl (C=O) groups excluding carboxylic acids is 1. The minimum absolute atomic E-state index is 0.0413. The lowest BCUT2D eigenvalue weighted by Gasteiger charge is -2.37. The number of hydrogen-bond acceptors (Lipinski definition) is 5. The first-order valence-corrected chi connectivity index (χ1v) is 8.54. The molecule has 2 aliphatic heterocycles. The fourth-order valence-corrected chi connectivity index (χ4v) is 3.25. The lowest BCUT2D eigenvalue weighted by atomic mass is 10.0. The Kier molecular flexibility index (Phi) is 6.00. The van der Waals surface area contributed by atoms with Gasteiger partial charge in [0, 0.05) is 5.69 Å². The molecule has 1 amide bonds. The highest BCUT2D eigenvalue weighted by molar-refractivity contribution is 5.92. The van der Waals surface area contributed by atoms with E-state index in [4.69, 9.17) is 9.47 Å². The predicted octanol–water partition coefficient (Wildman–Crippen LogP) is 2.75. The maximum Gasteiger partial charge on any atom is 0.573 e. The zero-order valence-electron chi connectivity index (χ0n) is 14.1. The maximum absolute atomic E-state index is 12.3. The van der Waals surface area contributed by atoms with Crippen LogP contribution in [-0.2, 0) is 14.3 Å². The second kappa shape index (κ2) is 8.24. The van der Waals surface area contributed by atoms with Gasteiger partial charge in [0.2, 0.25) is 5.91 Å². The Balaban J connectivity index is 1.54. The summed E-state index contributed by atoms with van der Waals surface area (Å²) in [6.07, 6.45) is -2.08. The molecule has 0 radical (unpaired) electrons. The smallest absolute Gasteiger partial charge is 0.406 e. The van der Waals surface area contributed by atoms with Gasteiger partial charge in [0.25, 0.3) is 0 Å². The van der Waals surface area contributed by atoms with E-state index in [-0.39, 0.29) is 30.5 Å². The third kappa shape index (κ3) is 5.33. The van der Waals surface area contributed by atoms with Gasteiger partial charge >= 0.3 is 6.36 Å². The summed E-state index contributed by atoms with van der Waals surface area (Å²) < 4.78 is 51.4. The van der Waals surface area contributed by atoms with Gasteiger partial charge in [-0.1, -0.05) is 6.42 Å². The molecule has 0 aliphatic carbocycles. The van der Waals surface area contributed by atoms with Crippen molar-refractivity contribution < 1.29 is 32.2 Å². The lowest BCUT2D eigenvalue weighted by molar-refractivity contribution is -0.274. The predicted molar refractivity (Wildman–Crippen MR) is 86.7 cm³/mol. The van der Waals surface area contributed by atoms with Gasteiger partial charge in [-0.3, -0.25) is 9.69 Å². The number of nitrogens with zero attached hydrogens (tertiary/aromatic N) is 1. The fourth-order valence-electron chi connectivity index (χ4n) is 3.25. The van der Waals surface area contributed by atoms with Crippen LogP contribution in [-0.4, -0.2) is 55.8 Å². The molecule has 2 heterocycles. The van der Waals surface area contributed by atoms with Crippen LogP contribution in [0.1, 0.15) is 19.3 Å². The van der Waals surface area contributed by atoms with Crippen LogP contribution in [0.25, 0.3) is 0 Å². The molecule has 6 nitrogen and oxygen atoms in total. The Hall–Kier alpha value is -1.84. The summed E-state index contributed by atoms with van der Waals surface area (Å²) in [4.78, 5) is 14.3. The molecule has 1 N–H and O–H groups in total. The average molecular weight is 374 g/mol. The number of rotatable bonds is 5. The van der Waals surface area contributed by atoms with Crippen molar-refractivity contribution in [1.82, 2.24) is 4.90 Å². The van der Waals surface area contributed by atoms with E-state index in [1.807, 2.05) is 4.90 Å². The van der Waals surface area contributed by atoms with Gasteiger partial charge < -0.3 is 19.5 Å². The van der Waals surface area contributed by atoms with E-state index in [0.717, 1.165) is 37.9 Å². The highest BCUT2D eigenvalue weighted by Crippen LogP contribution is 2.25. The second-order valence-electron chi connectivity index (χ2n) is 6.26. The first-order chi connectivity index (χ1) is 12.4. The number of piperidine rings is 1. The summed E-state index contributed by atoms with van der Waals surface area (Å²) in [5.74, 6) is -0.568. The van der Waals surface area contributed by atoms with Crippen LogP contribution in [0.5, 0.6) is 5.75 Å². The zero-order valence-corrected chi connectivity index (χ0v) is 14.1. The number of hydrogen-bond donors (Lipinski definition) is 1. The lowest BCUT2D eigenvalue weighted by Crippen LogP contribution is -2.50. The summed E-state index contributed by atoms with van der Waals surface area (Å²) in [7, 11) is 0. The number of halogens is 3. The van der Waals surface area contributed by atoms with Gasteiger partial charge in [-0.2, -0.15) is 0 Å². The zero-order chi connectivity index (χ0) is 18.6. The number of alkyl halides is 3. The first kappa shape index (κ1) is 18.9. The SMILES string of the molecule is O=C(CN1CCCCC1C1OCCO1)Nc1ccc(OC(F)(F)F)cc1. The molecule has 1 atom stereocenters. The molecule has 26 heavy (non-hydrogen) atoms. The van der Waals surface area contributed by atoms with E-state index in [1.165, 1.54) is 12.1 Å². The van der Waals surface area contributed by atoms with E-state index < -0.39 is 6.36 Å². The Morgan fingerprint density at radius 1 is 1.19 bits per heavy atom. The number of benzene rings is 1. The summed E-state index contributed by atoms with van der Waals surface area (Å²) in [6, 6.07) is 5.10. The van der Waals surface area contributed by atoms with Crippen LogP contribution in [0.15, 0.2) is 24.3 Å². The third-order valence-electron chi connectivity index (χ3n) is 4.34. The van der Waals surface area contributed by atoms with Crippen molar-refractivity contribution in [3.8, 4) is 5.75 Å². The number of anilines is 1. The number of nitrogens with one attached hydrogen (secondary N) is 1. The van der Waals surface area contributed by atoms with Crippen LogP contribution < -0.4 is 10.1 Å². The topological polar surface area (TPSA) is 60.0 Å². The Bertz CT molecular complexity index is 603. The largest absolute Gasteiger partial charge is 0.573 e. The molecule has 2 fully saturated rings. The molecule has 0 saturated carbocycles. The van der Waals surface area contributed by atoms with Crippen molar-refractivity contribution >= 4 is 11.6 Å². The van der Waals surface area contributed by atoms with Crippen molar-refractivity contribution in [2.45, 2.75) is 38.0 Å². The molecule has 0 spiro atoms. The summed E-state index contributed by atoms with van der Waals surface area (Å²) in [6.45, 7) is 2.08. The molecule has 9 heteroatoms. The molecule has 0 bridgehead atoms. The van der Waals surface area contributed by atoms with Crippen molar-refractivity contribution in [2.75, 3.05) is 31.6 Å². The van der Waals surface area contributed by atoms with E-state index >= 15 is 0 Å². The molecular formula is C17H21F3N2O4. The van der Waals surface area contributed by atoms with E-state index in [0.29, 0.717) is 18.9 Å². The Labute approximate surface area is 149 Å². The average Bonchev–Trinajstić information content (AvgIpc) is 3.10. The maximum atomic E-state index is 12.3. The molecule has 1 aromatic rings. The molecule has 2 aliphatic rings. The van der Waals surface area contributed by atoms with Crippen molar-refractivity contribution in [3.63, 3.8) is 0 Å². The molecule has 144 valence electrons. The van der Waals surface area contributed by atoms with Gasteiger partial charge in [-0.15, -0.1) is 13.2 Å². The summed E-state index contributed by atoms with van der Waals surface area (Å²) >= 11 is 0.